The van der Waals surface area contributed by atoms with E-state index in [1.165, 1.54) is 24.3 Å². The summed E-state index contributed by atoms with van der Waals surface area (Å²) in [5.41, 5.74) is 2.20. The molecule has 4 amide bonds. The number of urea groups is 1. The lowest BCUT2D eigenvalue weighted by molar-refractivity contribution is -0.122. The van der Waals surface area contributed by atoms with Gasteiger partial charge in [0, 0.05) is 29.2 Å². The summed E-state index contributed by atoms with van der Waals surface area (Å²) in [4.78, 5) is 38.7. The van der Waals surface area contributed by atoms with Gasteiger partial charge >= 0.3 is 6.03 Å². The first kappa shape index (κ1) is 20.4. The molecule has 3 aromatic carbocycles. The van der Waals surface area contributed by atoms with Crippen LogP contribution in [-0.2, 0) is 16.1 Å². The molecule has 7 heteroatoms. The number of fused-ring (bicyclic) bond motifs is 1. The number of anilines is 1. The topological polar surface area (TPSA) is 71.4 Å². The standard InChI is InChI=1S/C26H18FN3O3/c27-21-11-5-7-13-23(21)30-25(32)20(24(31)28-26(30)33)14-18-16-29(15-17-8-2-1-3-9-17)22-12-6-4-10-19(18)22/h1-14,16H,15H2,(H,28,31,33)/b20-14-. The Labute approximate surface area is 188 Å². The van der Waals surface area contributed by atoms with Crippen LogP contribution in [0.2, 0.25) is 0 Å². The highest BCUT2D eigenvalue weighted by Crippen LogP contribution is 2.28. The predicted octanol–water partition coefficient (Wildman–Crippen LogP) is 4.50. The minimum absolute atomic E-state index is 0.218. The van der Waals surface area contributed by atoms with Gasteiger partial charge in [-0.2, -0.15) is 0 Å². The molecule has 5 rings (SSSR count). The molecule has 33 heavy (non-hydrogen) atoms. The number of carbonyl (C=O) groups is 3. The normalized spacial score (nSPS) is 15.4. The fourth-order valence-electron chi connectivity index (χ4n) is 3.97. The van der Waals surface area contributed by atoms with Crippen molar-refractivity contribution in [2.45, 2.75) is 6.54 Å². The summed E-state index contributed by atoms with van der Waals surface area (Å²) in [7, 11) is 0. The number of benzene rings is 3. The molecule has 0 unspecified atom stereocenters. The van der Waals surface area contributed by atoms with Gasteiger partial charge in [0.05, 0.1) is 5.69 Å². The van der Waals surface area contributed by atoms with Crippen molar-refractivity contribution in [3.63, 3.8) is 0 Å². The molecule has 0 saturated carbocycles. The van der Waals surface area contributed by atoms with Crippen molar-refractivity contribution in [2.75, 3.05) is 4.90 Å². The lowest BCUT2D eigenvalue weighted by atomic mass is 10.1. The number of barbiturate groups is 1. The van der Waals surface area contributed by atoms with Crippen LogP contribution in [0.1, 0.15) is 11.1 Å². The number of para-hydroxylation sites is 2. The average molecular weight is 439 g/mol. The van der Waals surface area contributed by atoms with Crippen molar-refractivity contribution in [3.05, 3.63) is 108 Å². The van der Waals surface area contributed by atoms with Crippen LogP contribution < -0.4 is 10.2 Å². The van der Waals surface area contributed by atoms with E-state index in [1.54, 1.807) is 0 Å². The highest BCUT2D eigenvalue weighted by atomic mass is 19.1. The molecule has 0 spiro atoms. The van der Waals surface area contributed by atoms with Gasteiger partial charge in [-0.3, -0.25) is 14.9 Å². The number of rotatable bonds is 4. The van der Waals surface area contributed by atoms with Gasteiger partial charge in [-0.25, -0.2) is 14.1 Å². The van der Waals surface area contributed by atoms with Gasteiger partial charge in [0.25, 0.3) is 11.8 Å². The summed E-state index contributed by atoms with van der Waals surface area (Å²) in [6.45, 7) is 0.602. The monoisotopic (exact) mass is 439 g/mol. The summed E-state index contributed by atoms with van der Waals surface area (Å²) in [5, 5.41) is 2.98. The molecule has 6 nitrogen and oxygen atoms in total. The molecular formula is C26H18FN3O3. The Bertz CT molecular complexity index is 1440. The van der Waals surface area contributed by atoms with Gasteiger partial charge in [0.2, 0.25) is 0 Å². The van der Waals surface area contributed by atoms with Gasteiger partial charge in [0.1, 0.15) is 11.4 Å². The molecule has 1 fully saturated rings. The zero-order chi connectivity index (χ0) is 22.9. The second-order valence-corrected chi connectivity index (χ2v) is 7.62. The maximum absolute atomic E-state index is 14.3. The van der Waals surface area contributed by atoms with Crippen molar-refractivity contribution >= 4 is 40.5 Å². The molecule has 0 radical (unpaired) electrons. The van der Waals surface area contributed by atoms with Crippen LogP contribution in [0.4, 0.5) is 14.9 Å². The fraction of sp³-hybridized carbons (Fsp3) is 0.0385. The first-order chi connectivity index (χ1) is 16.0. The molecule has 2 heterocycles. The Balaban J connectivity index is 1.59. The van der Waals surface area contributed by atoms with Gasteiger partial charge in [0.15, 0.2) is 0 Å². The van der Waals surface area contributed by atoms with E-state index in [0.717, 1.165) is 22.5 Å². The van der Waals surface area contributed by atoms with E-state index in [1.807, 2.05) is 65.4 Å². The van der Waals surface area contributed by atoms with Crippen LogP contribution in [-0.4, -0.2) is 22.4 Å². The quantitative estimate of drug-likeness (QED) is 0.376. The summed E-state index contributed by atoms with van der Waals surface area (Å²) in [6, 6.07) is 22.0. The van der Waals surface area contributed by atoms with Crippen molar-refractivity contribution in [3.8, 4) is 0 Å². The highest BCUT2D eigenvalue weighted by Gasteiger charge is 2.38. The van der Waals surface area contributed by atoms with Crippen LogP contribution in [0, 0.1) is 5.82 Å². The Morgan fingerprint density at radius 3 is 2.33 bits per heavy atom. The Kier molecular flexibility index (Phi) is 5.06. The molecule has 0 aliphatic carbocycles. The third-order valence-electron chi connectivity index (χ3n) is 5.51. The number of nitrogens with one attached hydrogen (secondary N) is 1. The van der Waals surface area contributed by atoms with Gasteiger partial charge < -0.3 is 4.57 Å². The Morgan fingerprint density at radius 1 is 0.848 bits per heavy atom. The largest absolute Gasteiger partial charge is 0.342 e. The summed E-state index contributed by atoms with van der Waals surface area (Å²) >= 11 is 0. The second kappa shape index (κ2) is 8.20. The third kappa shape index (κ3) is 3.70. The summed E-state index contributed by atoms with van der Waals surface area (Å²) in [5.74, 6) is -2.44. The Morgan fingerprint density at radius 2 is 1.55 bits per heavy atom. The van der Waals surface area contributed by atoms with E-state index in [0.29, 0.717) is 17.0 Å². The SMILES string of the molecule is O=C1NC(=O)N(c2ccccc2F)C(=O)/C1=C\c1cn(Cc2ccccc2)c2ccccc12. The van der Waals surface area contributed by atoms with E-state index in [-0.39, 0.29) is 11.3 Å². The Hall–Kier alpha value is -4.52. The average Bonchev–Trinajstić information content (AvgIpc) is 3.16. The third-order valence-corrected chi connectivity index (χ3v) is 5.51. The number of carbonyl (C=O) groups excluding carboxylic acids is 3. The minimum atomic E-state index is -0.987. The van der Waals surface area contributed by atoms with Crippen LogP contribution >= 0.6 is 0 Å². The van der Waals surface area contributed by atoms with Crippen molar-refractivity contribution in [1.82, 2.24) is 9.88 Å². The van der Waals surface area contributed by atoms with Crippen LogP contribution in [0.5, 0.6) is 0 Å². The number of imide groups is 2. The molecule has 1 N–H and O–H groups in total. The number of halogens is 1. The number of hydrogen-bond acceptors (Lipinski definition) is 3. The fourth-order valence-corrected chi connectivity index (χ4v) is 3.97. The molecule has 162 valence electrons. The van der Waals surface area contributed by atoms with Crippen molar-refractivity contribution in [2.24, 2.45) is 0 Å². The second-order valence-electron chi connectivity index (χ2n) is 7.62. The van der Waals surface area contributed by atoms with E-state index in [2.05, 4.69) is 5.32 Å². The van der Waals surface area contributed by atoms with E-state index < -0.39 is 23.7 Å². The molecule has 0 bridgehead atoms. The lowest BCUT2D eigenvalue weighted by Gasteiger charge is -2.26. The molecular weight excluding hydrogens is 421 g/mol. The summed E-state index contributed by atoms with van der Waals surface area (Å²) < 4.78 is 16.3. The molecule has 1 aromatic heterocycles. The lowest BCUT2D eigenvalue weighted by Crippen LogP contribution is -2.54. The van der Waals surface area contributed by atoms with Crippen LogP contribution in [0.15, 0.2) is 90.6 Å². The number of hydrogen-bond donors (Lipinski definition) is 1. The first-order valence-electron chi connectivity index (χ1n) is 10.3. The van der Waals surface area contributed by atoms with E-state index >= 15 is 0 Å². The number of nitrogens with zero attached hydrogens (tertiary/aromatic N) is 2. The van der Waals surface area contributed by atoms with Gasteiger partial charge in [-0.05, 0) is 29.8 Å². The minimum Gasteiger partial charge on any atom is -0.342 e. The number of aromatic nitrogens is 1. The van der Waals surface area contributed by atoms with Gasteiger partial charge in [-0.1, -0.05) is 60.7 Å². The van der Waals surface area contributed by atoms with Gasteiger partial charge in [-0.15, -0.1) is 0 Å². The first-order valence-corrected chi connectivity index (χ1v) is 10.3. The molecule has 1 aliphatic heterocycles. The molecule has 1 saturated heterocycles. The maximum atomic E-state index is 14.3. The smallest absolute Gasteiger partial charge is 0.336 e. The predicted molar refractivity (Wildman–Crippen MR) is 123 cm³/mol. The molecule has 4 aromatic rings. The zero-order valence-corrected chi connectivity index (χ0v) is 17.4. The van der Waals surface area contributed by atoms with Crippen LogP contribution in [0.25, 0.3) is 17.0 Å². The van der Waals surface area contributed by atoms with Crippen molar-refractivity contribution in [1.29, 1.82) is 0 Å². The maximum Gasteiger partial charge on any atom is 0.336 e. The summed E-state index contributed by atoms with van der Waals surface area (Å²) in [6.07, 6.45) is 3.30. The molecule has 0 atom stereocenters. The highest BCUT2D eigenvalue weighted by molar-refractivity contribution is 6.39. The number of amides is 4. The van der Waals surface area contributed by atoms with E-state index in [9.17, 15) is 18.8 Å². The zero-order valence-electron chi connectivity index (χ0n) is 17.4. The molecule has 1 aliphatic rings. The van der Waals surface area contributed by atoms with E-state index in [4.69, 9.17) is 0 Å². The van der Waals surface area contributed by atoms with Crippen LogP contribution in [0.3, 0.4) is 0 Å². The van der Waals surface area contributed by atoms with Crippen molar-refractivity contribution < 1.29 is 18.8 Å².